The average Bonchev–Trinajstić information content (AvgIpc) is 2.47. The van der Waals surface area contributed by atoms with E-state index in [-0.39, 0.29) is 0 Å². The third kappa shape index (κ3) is 4.84. The van der Waals surface area contributed by atoms with Crippen molar-refractivity contribution in [3.63, 3.8) is 0 Å². The van der Waals surface area contributed by atoms with E-state index in [1.54, 1.807) is 0 Å². The van der Waals surface area contributed by atoms with Crippen molar-refractivity contribution in [3.05, 3.63) is 66.0 Å². The number of aromatic nitrogens is 1. The normalized spacial score (nSPS) is 12.3. The van der Waals surface area contributed by atoms with Gasteiger partial charge in [-0.05, 0) is 37.1 Å². The minimum Gasteiger partial charge on any atom is -0.313 e. The van der Waals surface area contributed by atoms with Crippen LogP contribution in [0.25, 0.3) is 0 Å². The number of rotatable bonds is 7. The number of nitrogens with one attached hydrogen (secondary N) is 1. The fraction of sp³-hybridized carbons (Fsp3) is 0.353. The zero-order valence-corrected chi connectivity index (χ0v) is 11.5. The number of nitrogens with zero attached hydrogens (tertiary/aromatic N) is 1. The summed E-state index contributed by atoms with van der Waals surface area (Å²) in [7, 11) is 0. The first-order chi connectivity index (χ1) is 9.38. The van der Waals surface area contributed by atoms with Crippen molar-refractivity contribution in [1.29, 1.82) is 0 Å². The molecule has 0 spiro atoms. The Morgan fingerprint density at radius 3 is 2.47 bits per heavy atom. The van der Waals surface area contributed by atoms with Gasteiger partial charge in [-0.2, -0.15) is 0 Å². The average molecular weight is 254 g/mol. The second-order valence-corrected chi connectivity index (χ2v) is 4.87. The van der Waals surface area contributed by atoms with Crippen LogP contribution in [0.4, 0.5) is 0 Å². The Balaban J connectivity index is 1.99. The lowest BCUT2D eigenvalue weighted by atomic mass is 10.0. The summed E-state index contributed by atoms with van der Waals surface area (Å²) in [5.41, 5.74) is 2.54. The Bertz CT molecular complexity index is 412. The molecule has 1 heterocycles. The Morgan fingerprint density at radius 1 is 1.00 bits per heavy atom. The van der Waals surface area contributed by atoms with Gasteiger partial charge in [-0.3, -0.25) is 4.98 Å². The zero-order valence-electron chi connectivity index (χ0n) is 11.5. The molecule has 1 atom stereocenters. The van der Waals surface area contributed by atoms with Gasteiger partial charge >= 0.3 is 0 Å². The molecule has 2 rings (SSSR count). The molecule has 2 heteroatoms. The topological polar surface area (TPSA) is 24.9 Å². The minimum atomic E-state index is 0.456. The molecule has 2 nitrogen and oxygen atoms in total. The van der Waals surface area contributed by atoms with Gasteiger partial charge in [-0.1, -0.05) is 43.3 Å². The maximum Gasteiger partial charge on any atom is 0.0419 e. The summed E-state index contributed by atoms with van der Waals surface area (Å²) in [6.45, 7) is 3.26. The van der Waals surface area contributed by atoms with Crippen LogP contribution in [0.15, 0.2) is 54.7 Å². The lowest BCUT2D eigenvalue weighted by Gasteiger charge is -2.18. The van der Waals surface area contributed by atoms with Crippen molar-refractivity contribution in [2.24, 2.45) is 0 Å². The standard InChI is InChI=1S/C17H22N2/c1-2-11-18-17(13-15-8-4-3-5-9-15)14-16-10-6-7-12-19-16/h3-10,12,17-18H,2,11,13-14H2,1H3. The van der Waals surface area contributed by atoms with Gasteiger partial charge in [0.1, 0.15) is 0 Å². The van der Waals surface area contributed by atoms with E-state index < -0.39 is 0 Å². The lowest BCUT2D eigenvalue weighted by Crippen LogP contribution is -2.34. The number of pyridine rings is 1. The van der Waals surface area contributed by atoms with Gasteiger partial charge in [-0.25, -0.2) is 0 Å². The van der Waals surface area contributed by atoms with Crippen molar-refractivity contribution in [2.75, 3.05) is 6.54 Å². The van der Waals surface area contributed by atoms with Crippen LogP contribution in [-0.2, 0) is 12.8 Å². The van der Waals surface area contributed by atoms with Gasteiger partial charge in [0.2, 0.25) is 0 Å². The monoisotopic (exact) mass is 254 g/mol. The highest BCUT2D eigenvalue weighted by molar-refractivity contribution is 5.17. The second kappa shape index (κ2) is 7.70. The van der Waals surface area contributed by atoms with Crippen LogP contribution >= 0.6 is 0 Å². The van der Waals surface area contributed by atoms with E-state index in [0.717, 1.165) is 31.5 Å². The molecule has 0 aliphatic heterocycles. The number of hydrogen-bond donors (Lipinski definition) is 1. The maximum atomic E-state index is 4.43. The first-order valence-electron chi connectivity index (χ1n) is 7.05. The van der Waals surface area contributed by atoms with Crippen molar-refractivity contribution in [3.8, 4) is 0 Å². The first-order valence-corrected chi connectivity index (χ1v) is 7.05. The predicted molar refractivity (Wildman–Crippen MR) is 80.2 cm³/mol. The van der Waals surface area contributed by atoms with Crippen molar-refractivity contribution < 1.29 is 0 Å². The molecule has 0 aliphatic carbocycles. The summed E-state index contributed by atoms with van der Waals surface area (Å²) < 4.78 is 0. The second-order valence-electron chi connectivity index (χ2n) is 4.87. The van der Waals surface area contributed by atoms with Crippen LogP contribution in [0, 0.1) is 0 Å². The SMILES string of the molecule is CCCNC(Cc1ccccc1)Cc1ccccn1. The third-order valence-electron chi connectivity index (χ3n) is 3.19. The Morgan fingerprint density at radius 2 is 1.79 bits per heavy atom. The molecular weight excluding hydrogens is 232 g/mol. The van der Waals surface area contributed by atoms with Gasteiger partial charge in [0.25, 0.3) is 0 Å². The van der Waals surface area contributed by atoms with Crippen LogP contribution < -0.4 is 5.32 Å². The van der Waals surface area contributed by atoms with Gasteiger partial charge in [-0.15, -0.1) is 0 Å². The predicted octanol–water partition coefficient (Wildman–Crippen LogP) is 3.24. The Hall–Kier alpha value is -1.67. The van der Waals surface area contributed by atoms with Crippen LogP contribution in [0.1, 0.15) is 24.6 Å². The molecule has 0 saturated carbocycles. The smallest absolute Gasteiger partial charge is 0.0419 e. The summed E-state index contributed by atoms with van der Waals surface area (Å²) in [5, 5.41) is 3.63. The molecule has 1 unspecified atom stereocenters. The molecule has 0 amide bonds. The van der Waals surface area contributed by atoms with E-state index in [0.29, 0.717) is 6.04 Å². The summed E-state index contributed by atoms with van der Waals surface area (Å²) in [6, 6.07) is 17.2. The first kappa shape index (κ1) is 13.8. The summed E-state index contributed by atoms with van der Waals surface area (Å²) in [4.78, 5) is 4.43. The Labute approximate surface area is 115 Å². The molecular formula is C17H22N2. The summed E-state index contributed by atoms with van der Waals surface area (Å²) >= 11 is 0. The molecule has 0 bridgehead atoms. The van der Waals surface area contributed by atoms with Crippen molar-refractivity contribution >= 4 is 0 Å². The van der Waals surface area contributed by atoms with E-state index in [2.05, 4.69) is 59.7 Å². The highest BCUT2D eigenvalue weighted by Crippen LogP contribution is 2.07. The van der Waals surface area contributed by atoms with E-state index in [4.69, 9.17) is 0 Å². The fourth-order valence-electron chi connectivity index (χ4n) is 2.23. The molecule has 0 fully saturated rings. The molecule has 0 radical (unpaired) electrons. The largest absolute Gasteiger partial charge is 0.313 e. The third-order valence-corrected chi connectivity index (χ3v) is 3.19. The van der Waals surface area contributed by atoms with Crippen molar-refractivity contribution in [1.82, 2.24) is 10.3 Å². The molecule has 19 heavy (non-hydrogen) atoms. The molecule has 0 saturated heterocycles. The van der Waals surface area contributed by atoms with E-state index in [9.17, 15) is 0 Å². The van der Waals surface area contributed by atoms with Crippen LogP contribution in [0.2, 0.25) is 0 Å². The van der Waals surface area contributed by atoms with Crippen molar-refractivity contribution in [2.45, 2.75) is 32.2 Å². The Kier molecular flexibility index (Phi) is 5.57. The molecule has 0 aliphatic rings. The summed E-state index contributed by atoms with van der Waals surface area (Å²) in [6.07, 6.45) is 5.06. The zero-order chi connectivity index (χ0) is 13.3. The lowest BCUT2D eigenvalue weighted by molar-refractivity contribution is 0.500. The van der Waals surface area contributed by atoms with Gasteiger partial charge < -0.3 is 5.32 Å². The number of hydrogen-bond acceptors (Lipinski definition) is 2. The highest BCUT2D eigenvalue weighted by atomic mass is 14.9. The number of benzene rings is 1. The highest BCUT2D eigenvalue weighted by Gasteiger charge is 2.10. The molecule has 100 valence electrons. The van der Waals surface area contributed by atoms with Crippen LogP contribution in [-0.4, -0.2) is 17.6 Å². The molecule has 1 N–H and O–H groups in total. The van der Waals surface area contributed by atoms with E-state index in [1.165, 1.54) is 5.56 Å². The molecule has 1 aromatic heterocycles. The summed E-state index contributed by atoms with van der Waals surface area (Å²) in [5.74, 6) is 0. The van der Waals surface area contributed by atoms with Crippen LogP contribution in [0.5, 0.6) is 0 Å². The van der Waals surface area contributed by atoms with Gasteiger partial charge in [0.05, 0.1) is 0 Å². The molecule has 2 aromatic rings. The minimum absolute atomic E-state index is 0.456. The van der Waals surface area contributed by atoms with Gasteiger partial charge in [0.15, 0.2) is 0 Å². The van der Waals surface area contributed by atoms with E-state index >= 15 is 0 Å². The van der Waals surface area contributed by atoms with E-state index in [1.807, 2.05) is 12.3 Å². The van der Waals surface area contributed by atoms with Gasteiger partial charge in [0, 0.05) is 24.4 Å². The quantitative estimate of drug-likeness (QED) is 0.820. The van der Waals surface area contributed by atoms with Crippen LogP contribution in [0.3, 0.4) is 0 Å². The fourth-order valence-corrected chi connectivity index (χ4v) is 2.23. The maximum absolute atomic E-state index is 4.43. The molecule has 1 aromatic carbocycles.